The van der Waals surface area contributed by atoms with E-state index in [0.29, 0.717) is 12.2 Å². The fourth-order valence-electron chi connectivity index (χ4n) is 1.93. The molecule has 0 saturated carbocycles. The third-order valence-electron chi connectivity index (χ3n) is 2.84. The zero-order valence-corrected chi connectivity index (χ0v) is 9.53. The molecule has 2 rings (SSSR count). The van der Waals surface area contributed by atoms with Crippen molar-refractivity contribution in [2.45, 2.75) is 18.9 Å². The van der Waals surface area contributed by atoms with Crippen LogP contribution in [0.25, 0.3) is 0 Å². The number of carbonyl (C=O) groups is 1. The van der Waals surface area contributed by atoms with E-state index in [0.717, 1.165) is 19.4 Å². The van der Waals surface area contributed by atoms with E-state index in [1.54, 1.807) is 4.90 Å². The topological polar surface area (TPSA) is 58.4 Å². The number of benzene rings is 1. The molecule has 1 aliphatic heterocycles. The van der Waals surface area contributed by atoms with Gasteiger partial charge in [-0.05, 0) is 37.1 Å². The van der Waals surface area contributed by atoms with Gasteiger partial charge in [0.15, 0.2) is 0 Å². The van der Waals surface area contributed by atoms with Crippen molar-refractivity contribution in [1.29, 1.82) is 0 Å². The molecule has 2 amide bonds. The molecule has 1 fully saturated rings. The highest BCUT2D eigenvalue weighted by molar-refractivity contribution is 5.89. The molecule has 3 N–H and O–H groups in total. The minimum absolute atomic E-state index is 0.0581. The van der Waals surface area contributed by atoms with Crippen LogP contribution < -0.4 is 11.1 Å². The van der Waals surface area contributed by atoms with Crippen molar-refractivity contribution < 1.29 is 9.18 Å². The number of nitrogens with two attached hydrogens (primary N) is 1. The largest absolute Gasteiger partial charge is 0.326 e. The number of nitrogens with zero attached hydrogens (tertiary/aromatic N) is 1. The van der Waals surface area contributed by atoms with Crippen molar-refractivity contribution in [2.75, 3.05) is 18.4 Å². The Morgan fingerprint density at radius 3 is 2.76 bits per heavy atom. The van der Waals surface area contributed by atoms with E-state index in [2.05, 4.69) is 5.32 Å². The van der Waals surface area contributed by atoms with Gasteiger partial charge in [0.05, 0.1) is 0 Å². The Balaban J connectivity index is 1.94. The number of nitrogens with one attached hydrogen (secondary N) is 1. The third kappa shape index (κ3) is 3.17. The first-order valence-corrected chi connectivity index (χ1v) is 5.72. The molecule has 1 heterocycles. The maximum atomic E-state index is 12.7. The van der Waals surface area contributed by atoms with Crippen molar-refractivity contribution in [2.24, 2.45) is 5.73 Å². The van der Waals surface area contributed by atoms with Crippen LogP contribution in [-0.4, -0.2) is 30.1 Å². The highest BCUT2D eigenvalue weighted by Crippen LogP contribution is 2.12. The summed E-state index contributed by atoms with van der Waals surface area (Å²) < 4.78 is 12.7. The zero-order chi connectivity index (χ0) is 12.3. The van der Waals surface area contributed by atoms with E-state index in [1.165, 1.54) is 24.3 Å². The monoisotopic (exact) mass is 237 g/mol. The second-order valence-corrected chi connectivity index (χ2v) is 4.29. The molecule has 5 heteroatoms. The smallest absolute Gasteiger partial charge is 0.321 e. The Bertz CT molecular complexity index is 393. The van der Waals surface area contributed by atoms with Gasteiger partial charge in [0.25, 0.3) is 0 Å². The Morgan fingerprint density at radius 2 is 2.12 bits per heavy atom. The predicted molar refractivity (Wildman–Crippen MR) is 64.2 cm³/mol. The van der Waals surface area contributed by atoms with Crippen LogP contribution in [-0.2, 0) is 0 Å². The van der Waals surface area contributed by atoms with Gasteiger partial charge in [0.1, 0.15) is 5.82 Å². The molecule has 1 aromatic carbocycles. The standard InChI is InChI=1S/C12H16FN3O/c13-9-3-5-11(6-4-9)15-12(17)16-7-1-2-10(14)8-16/h3-6,10H,1-2,7-8,14H2,(H,15,17). The summed E-state index contributed by atoms with van der Waals surface area (Å²) in [5, 5.41) is 2.72. The molecule has 1 saturated heterocycles. The van der Waals surface area contributed by atoms with Gasteiger partial charge in [0, 0.05) is 24.8 Å². The lowest BCUT2D eigenvalue weighted by atomic mass is 10.1. The summed E-state index contributed by atoms with van der Waals surface area (Å²) >= 11 is 0. The lowest BCUT2D eigenvalue weighted by Gasteiger charge is -2.30. The number of hydrogen-bond acceptors (Lipinski definition) is 2. The fraction of sp³-hybridized carbons (Fsp3) is 0.417. The van der Waals surface area contributed by atoms with Gasteiger partial charge < -0.3 is 16.0 Å². The average molecular weight is 237 g/mol. The lowest BCUT2D eigenvalue weighted by molar-refractivity contribution is 0.193. The second-order valence-electron chi connectivity index (χ2n) is 4.29. The van der Waals surface area contributed by atoms with Crippen LogP contribution >= 0.6 is 0 Å². The molecule has 0 bridgehead atoms. The summed E-state index contributed by atoms with van der Waals surface area (Å²) in [6, 6.07) is 5.60. The van der Waals surface area contributed by atoms with Crippen molar-refractivity contribution >= 4 is 11.7 Å². The minimum Gasteiger partial charge on any atom is -0.326 e. The van der Waals surface area contributed by atoms with Crippen LogP contribution in [0, 0.1) is 5.82 Å². The van der Waals surface area contributed by atoms with E-state index < -0.39 is 0 Å². The van der Waals surface area contributed by atoms with Crippen molar-refractivity contribution in [3.05, 3.63) is 30.1 Å². The molecule has 1 aliphatic rings. The number of urea groups is 1. The number of hydrogen-bond donors (Lipinski definition) is 2. The quantitative estimate of drug-likeness (QED) is 0.782. The van der Waals surface area contributed by atoms with Gasteiger partial charge in [-0.1, -0.05) is 0 Å². The van der Waals surface area contributed by atoms with Crippen molar-refractivity contribution in [3.63, 3.8) is 0 Å². The zero-order valence-electron chi connectivity index (χ0n) is 9.53. The maximum absolute atomic E-state index is 12.7. The number of anilines is 1. The summed E-state index contributed by atoms with van der Waals surface area (Å²) in [5.74, 6) is -0.317. The van der Waals surface area contributed by atoms with Crippen LogP contribution in [0.15, 0.2) is 24.3 Å². The molecule has 0 aliphatic carbocycles. The molecule has 1 unspecified atom stereocenters. The van der Waals surface area contributed by atoms with Gasteiger partial charge >= 0.3 is 6.03 Å². The number of rotatable bonds is 1. The van der Waals surface area contributed by atoms with E-state index in [-0.39, 0.29) is 17.9 Å². The molecule has 1 aromatic rings. The minimum atomic E-state index is -0.317. The summed E-state index contributed by atoms with van der Waals surface area (Å²) in [6.45, 7) is 1.30. The summed E-state index contributed by atoms with van der Waals surface area (Å²) in [4.78, 5) is 13.6. The Hall–Kier alpha value is -1.62. The van der Waals surface area contributed by atoms with Crippen LogP contribution in [0.1, 0.15) is 12.8 Å². The van der Waals surface area contributed by atoms with Gasteiger partial charge in [0.2, 0.25) is 0 Å². The van der Waals surface area contributed by atoms with Crippen LogP contribution in [0.4, 0.5) is 14.9 Å². The molecule has 1 atom stereocenters. The fourth-order valence-corrected chi connectivity index (χ4v) is 1.93. The number of halogens is 1. The Labute approximate surface area is 99.6 Å². The summed E-state index contributed by atoms with van der Waals surface area (Å²) in [7, 11) is 0. The Morgan fingerprint density at radius 1 is 1.41 bits per heavy atom. The first-order valence-electron chi connectivity index (χ1n) is 5.72. The number of amides is 2. The van der Waals surface area contributed by atoms with Crippen LogP contribution in [0.2, 0.25) is 0 Å². The second kappa shape index (κ2) is 5.14. The SMILES string of the molecule is NC1CCCN(C(=O)Nc2ccc(F)cc2)C1. The Kier molecular flexibility index (Phi) is 3.58. The van der Waals surface area contributed by atoms with E-state index in [9.17, 15) is 9.18 Å². The average Bonchev–Trinajstić information content (AvgIpc) is 2.32. The molecular formula is C12H16FN3O. The molecule has 4 nitrogen and oxygen atoms in total. The molecule has 0 aromatic heterocycles. The third-order valence-corrected chi connectivity index (χ3v) is 2.84. The van der Waals surface area contributed by atoms with Gasteiger partial charge in [-0.25, -0.2) is 9.18 Å². The van der Waals surface area contributed by atoms with Crippen LogP contribution in [0.5, 0.6) is 0 Å². The molecule has 92 valence electrons. The molecular weight excluding hydrogens is 221 g/mol. The van der Waals surface area contributed by atoms with Gasteiger partial charge in [-0.2, -0.15) is 0 Å². The first kappa shape index (κ1) is 11.9. The highest BCUT2D eigenvalue weighted by atomic mass is 19.1. The number of piperidine rings is 1. The molecule has 17 heavy (non-hydrogen) atoms. The predicted octanol–water partition coefficient (Wildman–Crippen LogP) is 1.78. The summed E-state index contributed by atoms with van der Waals surface area (Å²) in [5.41, 5.74) is 6.40. The number of carbonyl (C=O) groups excluding carboxylic acids is 1. The van der Waals surface area contributed by atoms with Gasteiger partial charge in [-0.3, -0.25) is 0 Å². The highest BCUT2D eigenvalue weighted by Gasteiger charge is 2.20. The number of likely N-dealkylation sites (tertiary alicyclic amines) is 1. The van der Waals surface area contributed by atoms with E-state index in [4.69, 9.17) is 5.73 Å². The first-order chi connectivity index (χ1) is 8.15. The van der Waals surface area contributed by atoms with Crippen molar-refractivity contribution in [3.8, 4) is 0 Å². The van der Waals surface area contributed by atoms with Crippen molar-refractivity contribution in [1.82, 2.24) is 4.90 Å². The lowest BCUT2D eigenvalue weighted by Crippen LogP contribution is -2.47. The normalized spacial score (nSPS) is 20.1. The van der Waals surface area contributed by atoms with Crippen LogP contribution in [0.3, 0.4) is 0 Å². The van der Waals surface area contributed by atoms with E-state index in [1.807, 2.05) is 0 Å². The van der Waals surface area contributed by atoms with E-state index >= 15 is 0 Å². The maximum Gasteiger partial charge on any atom is 0.321 e. The summed E-state index contributed by atoms with van der Waals surface area (Å²) in [6.07, 6.45) is 1.89. The molecule has 0 spiro atoms. The van der Waals surface area contributed by atoms with Gasteiger partial charge in [-0.15, -0.1) is 0 Å². The molecule has 0 radical (unpaired) electrons.